The van der Waals surface area contributed by atoms with Gasteiger partial charge in [0.25, 0.3) is 0 Å². The lowest BCUT2D eigenvalue weighted by atomic mass is 9.86. The molecule has 2 unspecified atom stereocenters. The highest BCUT2D eigenvalue weighted by molar-refractivity contribution is 5.68. The van der Waals surface area contributed by atoms with E-state index in [1.54, 1.807) is 0 Å². The molecule has 104 valence electrons. The van der Waals surface area contributed by atoms with Crippen LogP contribution in [0.1, 0.15) is 40.0 Å². The van der Waals surface area contributed by atoms with Gasteiger partial charge in [0.15, 0.2) is 0 Å². The van der Waals surface area contributed by atoms with Gasteiger partial charge in [0.05, 0.1) is 0 Å². The highest BCUT2D eigenvalue weighted by Crippen LogP contribution is 2.29. The normalized spacial score (nSPS) is 29.4. The summed E-state index contributed by atoms with van der Waals surface area (Å²) < 4.78 is 5.43. The quantitative estimate of drug-likeness (QED) is 0.780. The van der Waals surface area contributed by atoms with Crippen LogP contribution >= 0.6 is 0 Å². The van der Waals surface area contributed by atoms with E-state index in [4.69, 9.17) is 4.74 Å². The van der Waals surface area contributed by atoms with Crippen LogP contribution in [0.5, 0.6) is 0 Å². The van der Waals surface area contributed by atoms with Crippen LogP contribution in [0.15, 0.2) is 0 Å². The Labute approximate surface area is 110 Å². The molecule has 4 nitrogen and oxygen atoms in total. The lowest BCUT2D eigenvalue weighted by molar-refractivity contribution is 0.0282. The monoisotopic (exact) mass is 254 g/mol. The van der Waals surface area contributed by atoms with Gasteiger partial charge in [-0.05, 0) is 65.0 Å². The fraction of sp³-hybridized carbons (Fsp3) is 0.929. The second-order valence-corrected chi connectivity index (χ2v) is 6.58. The first-order chi connectivity index (χ1) is 8.46. The largest absolute Gasteiger partial charge is 0.444 e. The van der Waals surface area contributed by atoms with E-state index < -0.39 is 0 Å². The number of carbonyl (C=O) groups excluding carboxylic acids is 1. The first kappa shape index (κ1) is 13.7. The molecule has 0 aliphatic carbocycles. The van der Waals surface area contributed by atoms with Gasteiger partial charge in [-0.2, -0.15) is 0 Å². The lowest BCUT2D eigenvalue weighted by Crippen LogP contribution is -2.38. The van der Waals surface area contributed by atoms with E-state index in [0.717, 1.165) is 38.5 Å². The molecule has 18 heavy (non-hydrogen) atoms. The van der Waals surface area contributed by atoms with Gasteiger partial charge in [0.2, 0.25) is 0 Å². The molecule has 1 amide bonds. The van der Waals surface area contributed by atoms with Crippen LogP contribution in [0.25, 0.3) is 0 Å². The molecular weight excluding hydrogens is 228 g/mol. The van der Waals surface area contributed by atoms with Crippen molar-refractivity contribution in [3.63, 3.8) is 0 Å². The molecule has 2 heterocycles. The van der Waals surface area contributed by atoms with Crippen LogP contribution in [0.3, 0.4) is 0 Å². The number of carbonyl (C=O) groups is 1. The highest BCUT2D eigenvalue weighted by atomic mass is 16.6. The van der Waals surface area contributed by atoms with Crippen molar-refractivity contribution in [1.82, 2.24) is 10.2 Å². The number of piperidine rings is 1. The van der Waals surface area contributed by atoms with Gasteiger partial charge in [0.1, 0.15) is 5.60 Å². The summed E-state index contributed by atoms with van der Waals surface area (Å²) in [5.41, 5.74) is -0.387. The third-order valence-electron chi connectivity index (χ3n) is 3.88. The van der Waals surface area contributed by atoms with Crippen molar-refractivity contribution in [2.75, 3.05) is 26.2 Å². The lowest BCUT2D eigenvalue weighted by Gasteiger charge is -2.28. The zero-order valence-corrected chi connectivity index (χ0v) is 11.9. The van der Waals surface area contributed by atoms with Crippen molar-refractivity contribution in [2.24, 2.45) is 11.8 Å². The van der Waals surface area contributed by atoms with E-state index in [9.17, 15) is 4.79 Å². The minimum Gasteiger partial charge on any atom is -0.444 e. The van der Waals surface area contributed by atoms with Crippen LogP contribution in [0.2, 0.25) is 0 Å². The second-order valence-electron chi connectivity index (χ2n) is 6.58. The van der Waals surface area contributed by atoms with E-state index in [1.165, 1.54) is 12.8 Å². The highest BCUT2D eigenvalue weighted by Gasteiger charge is 2.34. The molecule has 0 spiro atoms. The minimum atomic E-state index is -0.387. The Kier molecular flexibility index (Phi) is 4.15. The van der Waals surface area contributed by atoms with Gasteiger partial charge in [-0.3, -0.25) is 0 Å². The van der Waals surface area contributed by atoms with Gasteiger partial charge in [-0.25, -0.2) is 4.79 Å². The predicted octanol–water partition coefficient (Wildman–Crippen LogP) is 2.24. The van der Waals surface area contributed by atoms with Crippen molar-refractivity contribution >= 4 is 6.09 Å². The van der Waals surface area contributed by atoms with Crippen LogP contribution in [-0.2, 0) is 4.74 Å². The van der Waals surface area contributed by atoms with E-state index >= 15 is 0 Å². The average Bonchev–Trinajstić information content (AvgIpc) is 2.77. The van der Waals surface area contributed by atoms with Crippen LogP contribution in [0.4, 0.5) is 4.79 Å². The van der Waals surface area contributed by atoms with Gasteiger partial charge in [0, 0.05) is 13.1 Å². The predicted molar refractivity (Wildman–Crippen MR) is 71.5 cm³/mol. The molecule has 0 bridgehead atoms. The van der Waals surface area contributed by atoms with E-state index in [1.807, 2.05) is 25.7 Å². The number of likely N-dealkylation sites (tertiary alicyclic amines) is 1. The zero-order valence-electron chi connectivity index (χ0n) is 11.9. The topological polar surface area (TPSA) is 41.6 Å². The van der Waals surface area contributed by atoms with Gasteiger partial charge in [-0.1, -0.05) is 0 Å². The SMILES string of the molecule is CC(C)(C)OC(=O)N1CCC(C2CCCNC2)C1. The molecule has 2 rings (SSSR count). The third-order valence-corrected chi connectivity index (χ3v) is 3.88. The summed E-state index contributed by atoms with van der Waals surface area (Å²) in [6.07, 6.45) is 3.56. The summed E-state index contributed by atoms with van der Waals surface area (Å²) in [6.45, 7) is 9.76. The number of ether oxygens (including phenoxy) is 1. The van der Waals surface area contributed by atoms with E-state index in [0.29, 0.717) is 5.92 Å². The Bertz CT molecular complexity index is 293. The molecule has 0 aromatic heterocycles. The van der Waals surface area contributed by atoms with Gasteiger partial charge < -0.3 is 15.0 Å². The molecule has 2 atom stereocenters. The molecule has 1 N–H and O–H groups in total. The van der Waals surface area contributed by atoms with Crippen molar-refractivity contribution in [3.8, 4) is 0 Å². The Hall–Kier alpha value is -0.770. The van der Waals surface area contributed by atoms with Crippen molar-refractivity contribution < 1.29 is 9.53 Å². The maximum atomic E-state index is 12.0. The molecule has 4 heteroatoms. The minimum absolute atomic E-state index is 0.145. The zero-order chi connectivity index (χ0) is 13.2. The third kappa shape index (κ3) is 3.61. The molecule has 2 aliphatic rings. The Morgan fingerprint density at radius 3 is 2.67 bits per heavy atom. The van der Waals surface area contributed by atoms with Gasteiger partial charge in [-0.15, -0.1) is 0 Å². The van der Waals surface area contributed by atoms with Crippen LogP contribution < -0.4 is 5.32 Å². The molecule has 0 aromatic carbocycles. The maximum absolute atomic E-state index is 12.0. The van der Waals surface area contributed by atoms with Crippen molar-refractivity contribution in [2.45, 2.75) is 45.6 Å². The first-order valence-corrected chi connectivity index (χ1v) is 7.14. The van der Waals surface area contributed by atoms with Crippen LogP contribution in [-0.4, -0.2) is 42.8 Å². The fourth-order valence-electron chi connectivity index (χ4n) is 2.95. The molecule has 2 fully saturated rings. The number of nitrogens with zero attached hydrogens (tertiary/aromatic N) is 1. The number of rotatable bonds is 1. The summed E-state index contributed by atoms with van der Waals surface area (Å²) in [6, 6.07) is 0. The van der Waals surface area contributed by atoms with Gasteiger partial charge >= 0.3 is 6.09 Å². The Morgan fingerprint density at radius 1 is 1.28 bits per heavy atom. The van der Waals surface area contributed by atoms with E-state index in [-0.39, 0.29) is 11.7 Å². The summed E-state index contributed by atoms with van der Waals surface area (Å²) in [5, 5.41) is 3.46. The van der Waals surface area contributed by atoms with E-state index in [2.05, 4.69) is 5.32 Å². The second kappa shape index (κ2) is 5.47. The first-order valence-electron chi connectivity index (χ1n) is 7.14. The maximum Gasteiger partial charge on any atom is 0.410 e. The van der Waals surface area contributed by atoms with Crippen LogP contribution in [0, 0.1) is 11.8 Å². The van der Waals surface area contributed by atoms with Crippen molar-refractivity contribution in [3.05, 3.63) is 0 Å². The number of amides is 1. The Morgan fingerprint density at radius 2 is 2.06 bits per heavy atom. The number of nitrogens with one attached hydrogen (secondary N) is 1. The summed E-state index contributed by atoms with van der Waals surface area (Å²) >= 11 is 0. The smallest absolute Gasteiger partial charge is 0.410 e. The molecule has 2 aliphatic heterocycles. The molecule has 0 aromatic rings. The summed E-state index contributed by atoms with van der Waals surface area (Å²) in [4.78, 5) is 13.9. The number of hydrogen-bond donors (Lipinski definition) is 1. The molecule has 0 radical (unpaired) electrons. The summed E-state index contributed by atoms with van der Waals surface area (Å²) in [7, 11) is 0. The molecule has 0 saturated carbocycles. The molecular formula is C14H26N2O2. The standard InChI is InChI=1S/C14H26N2O2/c1-14(2,3)18-13(17)16-8-6-12(10-16)11-5-4-7-15-9-11/h11-12,15H,4-10H2,1-3H3. The average molecular weight is 254 g/mol. The van der Waals surface area contributed by atoms with Crippen molar-refractivity contribution in [1.29, 1.82) is 0 Å². The molecule has 2 saturated heterocycles. The number of hydrogen-bond acceptors (Lipinski definition) is 3. The fourth-order valence-corrected chi connectivity index (χ4v) is 2.95. The Balaban J connectivity index is 1.82. The summed E-state index contributed by atoms with van der Waals surface area (Å²) in [5.74, 6) is 1.40.